The molecule has 0 spiro atoms. The van der Waals surface area contributed by atoms with Crippen LogP contribution in [0.5, 0.6) is 5.75 Å². The monoisotopic (exact) mass is 336 g/mol. The predicted molar refractivity (Wildman–Crippen MR) is 87.8 cm³/mol. The molecule has 1 atom stereocenters. The highest BCUT2D eigenvalue weighted by atomic mass is 35.5. The van der Waals surface area contributed by atoms with Crippen molar-refractivity contribution in [3.8, 4) is 5.75 Å². The second-order valence-corrected chi connectivity index (χ2v) is 6.01. The molecule has 2 heterocycles. The van der Waals surface area contributed by atoms with Gasteiger partial charge in [-0.25, -0.2) is 4.98 Å². The molecule has 0 aliphatic carbocycles. The summed E-state index contributed by atoms with van der Waals surface area (Å²) >= 11 is 5.94. The number of hydrogen-bond acceptors (Lipinski definition) is 5. The largest absolute Gasteiger partial charge is 0.493 e. The van der Waals surface area contributed by atoms with Crippen LogP contribution in [0.1, 0.15) is 6.42 Å². The SMILES string of the molecule is Clc1cccc(OCCCN2CCO[C@H](Cn3cncn3)C2)c1. The molecule has 1 aliphatic rings. The fourth-order valence-electron chi connectivity index (χ4n) is 2.66. The highest BCUT2D eigenvalue weighted by molar-refractivity contribution is 6.30. The van der Waals surface area contributed by atoms with Crippen LogP contribution in [0.4, 0.5) is 0 Å². The summed E-state index contributed by atoms with van der Waals surface area (Å²) in [6.07, 6.45) is 4.41. The zero-order valence-corrected chi connectivity index (χ0v) is 13.7. The molecule has 0 bridgehead atoms. The number of benzene rings is 1. The average molecular weight is 337 g/mol. The van der Waals surface area contributed by atoms with Crippen molar-refractivity contribution in [1.29, 1.82) is 0 Å². The Bertz CT molecular complexity index is 594. The van der Waals surface area contributed by atoms with Crippen molar-refractivity contribution in [2.24, 2.45) is 0 Å². The van der Waals surface area contributed by atoms with Crippen molar-refractivity contribution in [2.75, 3.05) is 32.8 Å². The second-order valence-electron chi connectivity index (χ2n) is 5.57. The van der Waals surface area contributed by atoms with E-state index in [1.54, 1.807) is 12.7 Å². The molecular formula is C16H21ClN4O2. The number of aromatic nitrogens is 3. The van der Waals surface area contributed by atoms with E-state index in [1.165, 1.54) is 0 Å². The molecular weight excluding hydrogens is 316 g/mol. The van der Waals surface area contributed by atoms with Crippen molar-refractivity contribution in [1.82, 2.24) is 19.7 Å². The van der Waals surface area contributed by atoms with E-state index in [0.29, 0.717) is 11.6 Å². The summed E-state index contributed by atoms with van der Waals surface area (Å²) in [4.78, 5) is 6.37. The first-order chi connectivity index (χ1) is 11.3. The van der Waals surface area contributed by atoms with E-state index in [0.717, 1.165) is 45.0 Å². The van der Waals surface area contributed by atoms with Crippen LogP contribution >= 0.6 is 11.6 Å². The van der Waals surface area contributed by atoms with E-state index in [2.05, 4.69) is 15.0 Å². The first-order valence-electron chi connectivity index (χ1n) is 7.84. The van der Waals surface area contributed by atoms with Crippen LogP contribution in [-0.4, -0.2) is 58.6 Å². The summed E-state index contributed by atoms with van der Waals surface area (Å²) < 4.78 is 13.3. The molecule has 0 unspecified atom stereocenters. The van der Waals surface area contributed by atoms with Crippen LogP contribution in [-0.2, 0) is 11.3 Å². The molecule has 0 N–H and O–H groups in total. The van der Waals surface area contributed by atoms with Gasteiger partial charge in [0.15, 0.2) is 0 Å². The van der Waals surface area contributed by atoms with Crippen molar-refractivity contribution in [3.63, 3.8) is 0 Å². The number of nitrogens with zero attached hydrogens (tertiary/aromatic N) is 4. The van der Waals surface area contributed by atoms with Crippen molar-refractivity contribution in [3.05, 3.63) is 41.9 Å². The van der Waals surface area contributed by atoms with Crippen LogP contribution in [0.15, 0.2) is 36.9 Å². The average Bonchev–Trinajstić information content (AvgIpc) is 3.05. The van der Waals surface area contributed by atoms with Gasteiger partial charge in [-0.05, 0) is 24.6 Å². The molecule has 1 fully saturated rings. The van der Waals surface area contributed by atoms with Gasteiger partial charge in [-0.2, -0.15) is 5.10 Å². The summed E-state index contributed by atoms with van der Waals surface area (Å²) in [7, 11) is 0. The minimum absolute atomic E-state index is 0.166. The van der Waals surface area contributed by atoms with E-state index >= 15 is 0 Å². The topological polar surface area (TPSA) is 52.4 Å². The molecule has 0 amide bonds. The quantitative estimate of drug-likeness (QED) is 0.725. The number of ether oxygens (including phenoxy) is 2. The normalized spacial score (nSPS) is 18.9. The molecule has 0 saturated carbocycles. The third-order valence-electron chi connectivity index (χ3n) is 3.76. The molecule has 1 aromatic carbocycles. The highest BCUT2D eigenvalue weighted by Gasteiger charge is 2.20. The molecule has 6 nitrogen and oxygen atoms in total. The Hall–Kier alpha value is -1.63. The molecule has 1 saturated heterocycles. The van der Waals surface area contributed by atoms with Gasteiger partial charge in [0.2, 0.25) is 0 Å². The Morgan fingerprint density at radius 3 is 3.17 bits per heavy atom. The molecule has 1 aliphatic heterocycles. The number of morpholine rings is 1. The fraction of sp³-hybridized carbons (Fsp3) is 0.500. The third kappa shape index (κ3) is 5.20. The van der Waals surface area contributed by atoms with E-state index in [4.69, 9.17) is 21.1 Å². The van der Waals surface area contributed by atoms with Gasteiger partial charge in [-0.3, -0.25) is 9.58 Å². The van der Waals surface area contributed by atoms with Crippen LogP contribution in [0.2, 0.25) is 5.02 Å². The molecule has 2 aromatic rings. The predicted octanol–water partition coefficient (Wildman–Crippen LogP) is 2.10. The summed E-state index contributed by atoms with van der Waals surface area (Å²) in [5.74, 6) is 0.823. The zero-order chi connectivity index (χ0) is 15.9. The maximum atomic E-state index is 5.94. The van der Waals surface area contributed by atoms with E-state index in [1.807, 2.05) is 28.9 Å². The maximum Gasteiger partial charge on any atom is 0.137 e. The van der Waals surface area contributed by atoms with Gasteiger partial charge in [0.1, 0.15) is 18.4 Å². The molecule has 124 valence electrons. The first kappa shape index (κ1) is 16.2. The van der Waals surface area contributed by atoms with Crippen LogP contribution in [0.25, 0.3) is 0 Å². The third-order valence-corrected chi connectivity index (χ3v) is 4.00. The lowest BCUT2D eigenvalue weighted by atomic mass is 10.2. The van der Waals surface area contributed by atoms with Gasteiger partial charge in [-0.1, -0.05) is 17.7 Å². The lowest BCUT2D eigenvalue weighted by Crippen LogP contribution is -2.44. The van der Waals surface area contributed by atoms with Gasteiger partial charge in [0.25, 0.3) is 0 Å². The highest BCUT2D eigenvalue weighted by Crippen LogP contribution is 2.17. The summed E-state index contributed by atoms with van der Waals surface area (Å²) in [6, 6.07) is 7.50. The lowest BCUT2D eigenvalue weighted by Gasteiger charge is -2.32. The standard InChI is InChI=1S/C16H21ClN4O2/c17-14-3-1-4-15(9-14)22-7-2-5-20-6-8-23-16(10-20)11-21-13-18-12-19-21/h1,3-4,9,12-13,16H,2,5-8,10-11H2/t16-/m0/s1. The number of halogens is 1. The van der Waals surface area contributed by atoms with E-state index < -0.39 is 0 Å². The van der Waals surface area contributed by atoms with Gasteiger partial charge in [0.05, 0.1) is 25.9 Å². The van der Waals surface area contributed by atoms with Crippen LogP contribution in [0.3, 0.4) is 0 Å². The summed E-state index contributed by atoms with van der Waals surface area (Å²) in [5, 5.41) is 4.83. The van der Waals surface area contributed by atoms with Gasteiger partial charge in [-0.15, -0.1) is 0 Å². The minimum atomic E-state index is 0.166. The molecule has 1 aromatic heterocycles. The van der Waals surface area contributed by atoms with Gasteiger partial charge >= 0.3 is 0 Å². The molecule has 0 radical (unpaired) electrons. The van der Waals surface area contributed by atoms with Gasteiger partial charge in [0, 0.05) is 24.7 Å². The molecule has 3 rings (SSSR count). The Kier molecular flexibility index (Phi) is 5.85. The van der Waals surface area contributed by atoms with Gasteiger partial charge < -0.3 is 9.47 Å². The Balaban J connectivity index is 1.36. The van der Waals surface area contributed by atoms with E-state index in [9.17, 15) is 0 Å². The summed E-state index contributed by atoms with van der Waals surface area (Å²) in [5.41, 5.74) is 0. The smallest absolute Gasteiger partial charge is 0.137 e. The summed E-state index contributed by atoms with van der Waals surface area (Å²) in [6.45, 7) is 5.06. The van der Waals surface area contributed by atoms with Crippen molar-refractivity contribution in [2.45, 2.75) is 19.1 Å². The van der Waals surface area contributed by atoms with Crippen molar-refractivity contribution >= 4 is 11.6 Å². The second kappa shape index (κ2) is 8.29. The van der Waals surface area contributed by atoms with Crippen LogP contribution in [0, 0.1) is 0 Å². The number of hydrogen-bond donors (Lipinski definition) is 0. The van der Waals surface area contributed by atoms with Crippen molar-refractivity contribution < 1.29 is 9.47 Å². The maximum absolute atomic E-state index is 5.94. The van der Waals surface area contributed by atoms with E-state index in [-0.39, 0.29) is 6.10 Å². The van der Waals surface area contributed by atoms with Crippen LogP contribution < -0.4 is 4.74 Å². The fourth-order valence-corrected chi connectivity index (χ4v) is 2.84. The lowest BCUT2D eigenvalue weighted by molar-refractivity contribution is -0.0384. The Morgan fingerprint density at radius 2 is 2.35 bits per heavy atom. The zero-order valence-electron chi connectivity index (χ0n) is 13.0. The molecule has 23 heavy (non-hydrogen) atoms. The first-order valence-corrected chi connectivity index (χ1v) is 8.22. The minimum Gasteiger partial charge on any atom is -0.493 e. The Labute approximate surface area is 141 Å². The molecule has 7 heteroatoms. The number of rotatable bonds is 7. The Morgan fingerprint density at radius 1 is 1.39 bits per heavy atom.